The van der Waals surface area contributed by atoms with Gasteiger partial charge in [-0.15, -0.1) is 11.3 Å². The zero-order valence-corrected chi connectivity index (χ0v) is 9.62. The van der Waals surface area contributed by atoms with Crippen molar-refractivity contribution in [3.05, 3.63) is 16.0 Å². The van der Waals surface area contributed by atoms with Crippen LogP contribution in [0.25, 0.3) is 0 Å². The minimum absolute atomic E-state index is 0.0498. The Morgan fingerprint density at radius 2 is 2.14 bits per heavy atom. The lowest BCUT2D eigenvalue weighted by molar-refractivity contribution is 0.0956. The number of anilines is 1. The molecule has 3 N–H and O–H groups in total. The van der Waals surface area contributed by atoms with Crippen molar-refractivity contribution in [1.82, 2.24) is 5.32 Å². The van der Waals surface area contributed by atoms with Crippen molar-refractivity contribution in [2.75, 3.05) is 12.3 Å². The van der Waals surface area contributed by atoms with E-state index in [0.29, 0.717) is 17.1 Å². The zero-order valence-electron chi connectivity index (χ0n) is 8.81. The third kappa shape index (κ3) is 1.90. The van der Waals surface area contributed by atoms with Crippen LogP contribution in [0.1, 0.15) is 34.6 Å². The van der Waals surface area contributed by atoms with E-state index < -0.39 is 0 Å². The molecule has 0 bridgehead atoms. The summed E-state index contributed by atoms with van der Waals surface area (Å²) < 4.78 is 0. The number of nitrogens with two attached hydrogens (primary N) is 1. The number of nitrogen functional groups attached to an aromatic ring is 1. The van der Waals surface area contributed by atoms with Crippen LogP contribution < -0.4 is 11.1 Å². The van der Waals surface area contributed by atoms with Gasteiger partial charge in [0.2, 0.25) is 0 Å². The minimum Gasteiger partial charge on any atom is -0.390 e. The van der Waals surface area contributed by atoms with Gasteiger partial charge < -0.3 is 11.1 Å². The van der Waals surface area contributed by atoms with Gasteiger partial charge in [0.05, 0.1) is 10.6 Å². The summed E-state index contributed by atoms with van der Waals surface area (Å²) in [6.45, 7) is 6.58. The Morgan fingerprint density at radius 3 is 2.64 bits per heavy atom. The fourth-order valence-corrected chi connectivity index (χ4v) is 2.54. The Bertz CT molecular complexity index is 344. The third-order valence-corrected chi connectivity index (χ3v) is 3.13. The van der Waals surface area contributed by atoms with Crippen LogP contribution in [0.3, 0.4) is 0 Å². The zero-order chi connectivity index (χ0) is 10.7. The van der Waals surface area contributed by atoms with Gasteiger partial charge in [0.15, 0.2) is 0 Å². The molecule has 1 aromatic rings. The van der Waals surface area contributed by atoms with Gasteiger partial charge in [0.1, 0.15) is 0 Å². The second kappa shape index (κ2) is 4.46. The molecule has 0 radical (unpaired) electrons. The van der Waals surface area contributed by atoms with Crippen LogP contribution in [0, 0.1) is 6.92 Å². The molecule has 0 saturated heterocycles. The first kappa shape index (κ1) is 11.0. The quantitative estimate of drug-likeness (QED) is 0.804. The number of carbonyl (C=O) groups is 1. The highest BCUT2D eigenvalue weighted by Crippen LogP contribution is 2.30. The maximum Gasteiger partial charge on any atom is 0.254 e. The SMILES string of the molecule is CCNC(=O)c1c(N)sc(C)c1CC. The summed E-state index contributed by atoms with van der Waals surface area (Å²) in [6.07, 6.45) is 0.853. The Morgan fingerprint density at radius 1 is 1.50 bits per heavy atom. The lowest BCUT2D eigenvalue weighted by atomic mass is 10.1. The monoisotopic (exact) mass is 212 g/mol. The van der Waals surface area contributed by atoms with Crippen molar-refractivity contribution in [2.24, 2.45) is 0 Å². The van der Waals surface area contributed by atoms with Crippen molar-refractivity contribution in [1.29, 1.82) is 0 Å². The van der Waals surface area contributed by atoms with Gasteiger partial charge >= 0.3 is 0 Å². The number of carbonyl (C=O) groups excluding carboxylic acids is 1. The second-order valence-electron chi connectivity index (χ2n) is 3.09. The average Bonchev–Trinajstić information content (AvgIpc) is 2.40. The Kier molecular flexibility index (Phi) is 3.52. The maximum absolute atomic E-state index is 11.7. The normalized spacial score (nSPS) is 10.2. The lowest BCUT2D eigenvalue weighted by Gasteiger charge is -2.04. The molecule has 0 aliphatic heterocycles. The molecule has 0 aromatic carbocycles. The van der Waals surface area contributed by atoms with Crippen LogP contribution in [-0.4, -0.2) is 12.5 Å². The molecule has 0 aliphatic carbocycles. The second-order valence-corrected chi connectivity index (χ2v) is 4.35. The molecule has 14 heavy (non-hydrogen) atoms. The smallest absolute Gasteiger partial charge is 0.254 e. The fraction of sp³-hybridized carbons (Fsp3) is 0.500. The first-order valence-corrected chi connectivity index (χ1v) is 5.59. The van der Waals surface area contributed by atoms with Gasteiger partial charge in [-0.1, -0.05) is 6.92 Å². The number of hydrogen-bond acceptors (Lipinski definition) is 3. The largest absolute Gasteiger partial charge is 0.390 e. The molecular formula is C10H16N2OS. The summed E-state index contributed by atoms with van der Waals surface area (Å²) in [4.78, 5) is 12.8. The van der Waals surface area contributed by atoms with Crippen LogP contribution in [0.4, 0.5) is 5.00 Å². The number of nitrogens with one attached hydrogen (secondary N) is 1. The topological polar surface area (TPSA) is 55.1 Å². The van der Waals surface area contributed by atoms with Gasteiger partial charge in [0.25, 0.3) is 5.91 Å². The van der Waals surface area contributed by atoms with Crippen LogP contribution in [0.2, 0.25) is 0 Å². The van der Waals surface area contributed by atoms with Gasteiger partial charge in [-0.3, -0.25) is 4.79 Å². The fourth-order valence-electron chi connectivity index (χ4n) is 1.53. The van der Waals surface area contributed by atoms with E-state index in [-0.39, 0.29) is 5.91 Å². The molecule has 1 rings (SSSR count). The standard InChI is InChI=1S/C10H16N2OS/c1-4-7-6(3)14-9(11)8(7)10(13)12-5-2/h4-5,11H2,1-3H3,(H,12,13). The Balaban J connectivity index is 3.11. The summed E-state index contributed by atoms with van der Waals surface area (Å²) in [5.41, 5.74) is 7.57. The lowest BCUT2D eigenvalue weighted by Crippen LogP contribution is -2.24. The molecule has 3 nitrogen and oxygen atoms in total. The van der Waals surface area contributed by atoms with Crippen LogP contribution in [-0.2, 0) is 6.42 Å². The van der Waals surface area contributed by atoms with E-state index in [4.69, 9.17) is 5.73 Å². The molecule has 1 aromatic heterocycles. The highest BCUT2D eigenvalue weighted by Gasteiger charge is 2.18. The minimum atomic E-state index is -0.0498. The first-order chi connectivity index (χ1) is 6.61. The van der Waals surface area contributed by atoms with Gasteiger partial charge in [-0.05, 0) is 25.8 Å². The van der Waals surface area contributed by atoms with Gasteiger partial charge in [0, 0.05) is 11.4 Å². The van der Waals surface area contributed by atoms with Crippen molar-refractivity contribution in [3.8, 4) is 0 Å². The molecule has 0 spiro atoms. The average molecular weight is 212 g/mol. The van der Waals surface area contributed by atoms with Crippen molar-refractivity contribution >= 4 is 22.2 Å². The van der Waals surface area contributed by atoms with E-state index in [9.17, 15) is 4.79 Å². The van der Waals surface area contributed by atoms with Crippen molar-refractivity contribution < 1.29 is 4.79 Å². The molecule has 0 fully saturated rings. The number of aryl methyl sites for hydroxylation is 1. The first-order valence-electron chi connectivity index (χ1n) is 4.77. The van der Waals surface area contributed by atoms with Gasteiger partial charge in [-0.2, -0.15) is 0 Å². The Labute approximate surface area is 88.3 Å². The number of hydrogen-bond donors (Lipinski definition) is 2. The highest BCUT2D eigenvalue weighted by atomic mass is 32.1. The predicted molar refractivity (Wildman–Crippen MR) is 60.9 cm³/mol. The van der Waals surface area contributed by atoms with Crippen molar-refractivity contribution in [2.45, 2.75) is 27.2 Å². The maximum atomic E-state index is 11.7. The predicted octanol–water partition coefficient (Wildman–Crippen LogP) is 1.95. The molecule has 1 amide bonds. The molecule has 0 saturated carbocycles. The summed E-state index contributed by atoms with van der Waals surface area (Å²) >= 11 is 1.49. The summed E-state index contributed by atoms with van der Waals surface area (Å²) in [5, 5.41) is 3.41. The number of thiophene rings is 1. The number of rotatable bonds is 3. The van der Waals surface area contributed by atoms with E-state index in [2.05, 4.69) is 5.32 Å². The van der Waals surface area contributed by atoms with E-state index in [1.165, 1.54) is 11.3 Å². The molecule has 1 heterocycles. The summed E-state index contributed by atoms with van der Waals surface area (Å²) in [6, 6.07) is 0. The molecular weight excluding hydrogens is 196 g/mol. The van der Waals surface area contributed by atoms with E-state index in [1.54, 1.807) is 0 Å². The molecule has 0 atom stereocenters. The summed E-state index contributed by atoms with van der Waals surface area (Å²) in [7, 11) is 0. The van der Waals surface area contributed by atoms with Crippen molar-refractivity contribution in [3.63, 3.8) is 0 Å². The number of amides is 1. The Hall–Kier alpha value is -1.03. The van der Waals surface area contributed by atoms with E-state index in [1.807, 2.05) is 20.8 Å². The van der Waals surface area contributed by atoms with Crippen LogP contribution in [0.15, 0.2) is 0 Å². The molecule has 0 aliphatic rings. The molecule has 0 unspecified atom stereocenters. The van der Waals surface area contributed by atoms with E-state index in [0.717, 1.165) is 16.9 Å². The third-order valence-electron chi connectivity index (χ3n) is 2.15. The van der Waals surface area contributed by atoms with Crippen LogP contribution in [0.5, 0.6) is 0 Å². The van der Waals surface area contributed by atoms with E-state index >= 15 is 0 Å². The summed E-state index contributed by atoms with van der Waals surface area (Å²) in [5.74, 6) is -0.0498. The molecule has 78 valence electrons. The van der Waals surface area contributed by atoms with Gasteiger partial charge in [-0.25, -0.2) is 0 Å². The highest BCUT2D eigenvalue weighted by molar-refractivity contribution is 7.16. The molecule has 4 heteroatoms. The van der Waals surface area contributed by atoms with Crippen LogP contribution >= 0.6 is 11.3 Å².